The van der Waals surface area contributed by atoms with E-state index >= 15 is 0 Å². The van der Waals surface area contributed by atoms with Crippen LogP contribution in [0.25, 0.3) is 70.6 Å². The van der Waals surface area contributed by atoms with Crippen molar-refractivity contribution in [2.45, 2.75) is 10.3 Å². The summed E-state index contributed by atoms with van der Waals surface area (Å²) < 4.78 is 2.46. The summed E-state index contributed by atoms with van der Waals surface area (Å²) in [5.74, 6) is 0. The summed E-state index contributed by atoms with van der Waals surface area (Å²) in [6, 6.07) is 53.5. The highest BCUT2D eigenvalue weighted by Gasteiger charge is 2.25. The van der Waals surface area contributed by atoms with Crippen molar-refractivity contribution in [3.05, 3.63) is 151 Å². The predicted octanol–water partition coefficient (Wildman–Crippen LogP) is 11.6. The minimum absolute atomic E-state index is 0.216. The lowest BCUT2D eigenvalue weighted by molar-refractivity contribution is 1.14. The standard InChI is InChI=1S/C41H26N2S/c1-2-10-28(11-3-1)41-42-40-36(44-41)23-18-27-14-15-29-24-30(19-20-33(29)37(27)40)43-34-21-16-25-8-4-6-12-31(25)38(34)39-32-13-7-5-9-26(32)17-22-35(39)43/h1-24,41-42H. The summed E-state index contributed by atoms with van der Waals surface area (Å²) in [4.78, 5) is 1.31. The smallest absolute Gasteiger partial charge is 0.103 e. The van der Waals surface area contributed by atoms with Gasteiger partial charge in [-0.05, 0) is 73.6 Å². The Balaban J connectivity index is 1.23. The Morgan fingerprint density at radius 3 is 1.80 bits per heavy atom. The van der Waals surface area contributed by atoms with Crippen LogP contribution in [0.15, 0.2) is 150 Å². The molecule has 1 aliphatic rings. The second kappa shape index (κ2) is 9.12. The Kier molecular flexibility index (Phi) is 5.02. The van der Waals surface area contributed by atoms with Crippen molar-refractivity contribution in [3.63, 3.8) is 0 Å². The molecular formula is C41H26N2S. The van der Waals surface area contributed by atoms with Crippen molar-refractivity contribution in [3.8, 4) is 5.69 Å². The third-order valence-electron chi connectivity index (χ3n) is 9.37. The number of thioether (sulfide) groups is 1. The van der Waals surface area contributed by atoms with Crippen LogP contribution < -0.4 is 5.32 Å². The Hall–Kier alpha value is -5.25. The van der Waals surface area contributed by atoms with E-state index < -0.39 is 0 Å². The van der Waals surface area contributed by atoms with Gasteiger partial charge in [-0.25, -0.2) is 0 Å². The van der Waals surface area contributed by atoms with Gasteiger partial charge in [-0.15, -0.1) is 0 Å². The summed E-state index contributed by atoms with van der Waals surface area (Å²) in [7, 11) is 0. The minimum Gasteiger partial charge on any atom is -0.368 e. The lowest BCUT2D eigenvalue weighted by Gasteiger charge is -2.14. The van der Waals surface area contributed by atoms with E-state index in [2.05, 4.69) is 155 Å². The van der Waals surface area contributed by atoms with Crippen LogP contribution in [0.2, 0.25) is 0 Å². The third-order valence-corrected chi connectivity index (χ3v) is 10.6. The van der Waals surface area contributed by atoms with E-state index in [-0.39, 0.29) is 5.37 Å². The molecule has 0 saturated carbocycles. The molecule has 1 N–H and O–H groups in total. The number of fused-ring (bicyclic) bond motifs is 12. The zero-order valence-electron chi connectivity index (χ0n) is 23.8. The first-order valence-corrected chi connectivity index (χ1v) is 16.0. The molecule has 0 saturated heterocycles. The van der Waals surface area contributed by atoms with Crippen LogP contribution in [0.3, 0.4) is 0 Å². The van der Waals surface area contributed by atoms with E-state index in [9.17, 15) is 0 Å². The Morgan fingerprint density at radius 2 is 1.07 bits per heavy atom. The number of benzene rings is 8. The molecule has 1 unspecified atom stereocenters. The van der Waals surface area contributed by atoms with Crippen molar-refractivity contribution >= 4 is 82.3 Å². The van der Waals surface area contributed by atoms with Crippen molar-refractivity contribution in [2.24, 2.45) is 0 Å². The van der Waals surface area contributed by atoms with E-state index in [1.807, 2.05) is 11.8 Å². The first-order valence-electron chi connectivity index (χ1n) is 15.1. The van der Waals surface area contributed by atoms with Crippen LogP contribution in [0.4, 0.5) is 5.69 Å². The molecular weight excluding hydrogens is 553 g/mol. The Labute approximate surface area is 258 Å². The van der Waals surface area contributed by atoms with Crippen molar-refractivity contribution in [1.82, 2.24) is 4.57 Å². The van der Waals surface area contributed by atoms with Crippen LogP contribution in [0.1, 0.15) is 10.9 Å². The van der Waals surface area contributed by atoms with Crippen LogP contribution >= 0.6 is 11.8 Å². The van der Waals surface area contributed by atoms with Gasteiger partial charge in [0.05, 0.1) is 16.7 Å². The normalized spacial score (nSPS) is 14.7. The fourth-order valence-electron chi connectivity index (χ4n) is 7.40. The number of hydrogen-bond donors (Lipinski definition) is 1. The third kappa shape index (κ3) is 3.39. The average molecular weight is 579 g/mol. The van der Waals surface area contributed by atoms with E-state index in [1.165, 1.54) is 86.7 Å². The molecule has 9 aromatic rings. The van der Waals surface area contributed by atoms with E-state index in [0.29, 0.717) is 0 Å². The molecule has 3 heteroatoms. The molecule has 0 radical (unpaired) electrons. The maximum Gasteiger partial charge on any atom is 0.103 e. The second-order valence-corrected chi connectivity index (χ2v) is 12.9. The minimum atomic E-state index is 0.216. The van der Waals surface area contributed by atoms with Crippen LogP contribution in [0.5, 0.6) is 0 Å². The number of rotatable bonds is 2. The maximum absolute atomic E-state index is 3.87. The fourth-order valence-corrected chi connectivity index (χ4v) is 8.55. The van der Waals surface area contributed by atoms with Gasteiger partial charge in [0.25, 0.3) is 0 Å². The molecule has 0 spiro atoms. The average Bonchev–Trinajstić information content (AvgIpc) is 3.68. The Bertz CT molecular complexity index is 2520. The topological polar surface area (TPSA) is 17.0 Å². The molecule has 1 aromatic heterocycles. The van der Waals surface area contributed by atoms with Gasteiger partial charge in [0.15, 0.2) is 0 Å². The molecule has 10 rings (SSSR count). The largest absolute Gasteiger partial charge is 0.368 e. The summed E-state index contributed by atoms with van der Waals surface area (Å²) in [6.07, 6.45) is 0. The molecule has 8 aromatic carbocycles. The van der Waals surface area contributed by atoms with Crippen molar-refractivity contribution < 1.29 is 0 Å². The summed E-state index contributed by atoms with van der Waals surface area (Å²) >= 11 is 1.90. The Morgan fingerprint density at radius 1 is 0.477 bits per heavy atom. The molecule has 0 fully saturated rings. The monoisotopic (exact) mass is 578 g/mol. The molecule has 0 bridgehead atoms. The van der Waals surface area contributed by atoms with Gasteiger partial charge in [0, 0.05) is 26.7 Å². The molecule has 2 nitrogen and oxygen atoms in total. The van der Waals surface area contributed by atoms with Crippen molar-refractivity contribution in [1.29, 1.82) is 0 Å². The van der Waals surface area contributed by atoms with Gasteiger partial charge in [-0.3, -0.25) is 0 Å². The SMILES string of the molecule is c1ccc(C2Nc3c(ccc4ccc5cc(-n6c7ccc8ccccc8c7c7c8ccccc8ccc76)ccc5c34)S2)cc1. The van der Waals surface area contributed by atoms with E-state index in [0.717, 1.165) is 0 Å². The maximum atomic E-state index is 3.87. The number of aromatic nitrogens is 1. The molecule has 2 heterocycles. The number of hydrogen-bond acceptors (Lipinski definition) is 2. The highest BCUT2D eigenvalue weighted by molar-refractivity contribution is 8.00. The highest BCUT2D eigenvalue weighted by Crippen LogP contribution is 2.51. The first-order chi connectivity index (χ1) is 21.8. The van der Waals surface area contributed by atoms with Crippen LogP contribution in [-0.2, 0) is 0 Å². The first kappa shape index (κ1) is 24.2. The quantitative estimate of drug-likeness (QED) is 0.206. The summed E-state index contributed by atoms with van der Waals surface area (Å²) in [5.41, 5.74) is 6.20. The van der Waals surface area contributed by atoms with Gasteiger partial charge in [-0.2, -0.15) is 0 Å². The summed E-state index contributed by atoms with van der Waals surface area (Å²) in [5, 5.41) is 16.9. The van der Waals surface area contributed by atoms with Gasteiger partial charge < -0.3 is 9.88 Å². The zero-order chi connectivity index (χ0) is 28.8. The van der Waals surface area contributed by atoms with Gasteiger partial charge in [-0.1, -0.05) is 127 Å². The molecule has 0 amide bonds. The number of anilines is 1. The molecule has 1 atom stereocenters. The van der Waals surface area contributed by atoms with Gasteiger partial charge in [0.1, 0.15) is 5.37 Å². The lowest BCUT2D eigenvalue weighted by Crippen LogP contribution is -2.01. The van der Waals surface area contributed by atoms with Crippen molar-refractivity contribution in [2.75, 3.05) is 5.32 Å². The van der Waals surface area contributed by atoms with Gasteiger partial charge in [0.2, 0.25) is 0 Å². The molecule has 44 heavy (non-hydrogen) atoms. The number of nitrogens with zero attached hydrogens (tertiary/aromatic N) is 1. The van der Waals surface area contributed by atoms with Gasteiger partial charge >= 0.3 is 0 Å². The predicted molar refractivity (Wildman–Crippen MR) is 189 cm³/mol. The van der Waals surface area contributed by atoms with E-state index in [1.54, 1.807) is 0 Å². The number of nitrogens with one attached hydrogen (secondary N) is 1. The van der Waals surface area contributed by atoms with Crippen LogP contribution in [0, 0.1) is 0 Å². The molecule has 0 aliphatic carbocycles. The lowest BCUT2D eigenvalue weighted by atomic mass is 9.99. The molecule has 206 valence electrons. The summed E-state index contributed by atoms with van der Waals surface area (Å²) in [6.45, 7) is 0. The second-order valence-electron chi connectivity index (χ2n) is 11.8. The van der Waals surface area contributed by atoms with Crippen LogP contribution in [-0.4, -0.2) is 4.57 Å². The molecule has 1 aliphatic heterocycles. The highest BCUT2D eigenvalue weighted by atomic mass is 32.2. The zero-order valence-corrected chi connectivity index (χ0v) is 24.6. The fraction of sp³-hybridized carbons (Fsp3) is 0.0244. The van der Waals surface area contributed by atoms with E-state index in [4.69, 9.17) is 0 Å².